The normalized spacial score (nSPS) is 17.6. The maximum absolute atomic E-state index is 14.4. The average molecular weight is 342 g/mol. The van der Waals surface area contributed by atoms with Crippen molar-refractivity contribution in [2.75, 3.05) is 6.54 Å². The van der Waals surface area contributed by atoms with Crippen LogP contribution in [-0.2, 0) is 0 Å². The van der Waals surface area contributed by atoms with E-state index in [-0.39, 0.29) is 17.5 Å². The Labute approximate surface area is 142 Å². The number of hydrogen-bond donors (Lipinski definition) is 0. The monoisotopic (exact) mass is 342 g/mol. The zero-order chi connectivity index (χ0) is 16.7. The standard InChI is InChI=1S/C17H15FN4OS/c1-10-21-15(9-24-10)16-3-2-6-22(16)17(23)11-7-13-14(8-12(11)18)20-5-4-19-13/h4-5,7-9,16H,2-3,6H2,1H3/t16-/m1/s1. The molecular weight excluding hydrogens is 327 g/mol. The molecule has 1 aromatic carbocycles. The number of fused-ring (bicyclic) bond motifs is 1. The average Bonchev–Trinajstić information content (AvgIpc) is 3.22. The third kappa shape index (κ3) is 2.54. The van der Waals surface area contributed by atoms with Gasteiger partial charge in [-0.2, -0.15) is 0 Å². The van der Waals surface area contributed by atoms with Crippen LogP contribution < -0.4 is 0 Å². The predicted molar refractivity (Wildman–Crippen MR) is 89.4 cm³/mol. The Morgan fingerprint density at radius 1 is 1.29 bits per heavy atom. The minimum Gasteiger partial charge on any atom is -0.330 e. The third-order valence-corrected chi connectivity index (χ3v) is 5.07. The first kappa shape index (κ1) is 15.1. The molecule has 0 radical (unpaired) electrons. The Morgan fingerprint density at radius 3 is 2.75 bits per heavy atom. The number of hydrogen-bond acceptors (Lipinski definition) is 5. The fourth-order valence-corrected chi connectivity index (χ4v) is 3.81. The first-order chi connectivity index (χ1) is 11.6. The highest BCUT2D eigenvalue weighted by atomic mass is 32.1. The van der Waals surface area contributed by atoms with E-state index in [0.29, 0.717) is 17.6 Å². The van der Waals surface area contributed by atoms with Gasteiger partial charge in [0.25, 0.3) is 5.91 Å². The minimum atomic E-state index is -0.562. The van der Waals surface area contributed by atoms with Gasteiger partial charge in [-0.05, 0) is 25.8 Å². The van der Waals surface area contributed by atoms with Gasteiger partial charge in [0.1, 0.15) is 5.82 Å². The fourth-order valence-electron chi connectivity index (χ4n) is 3.15. The van der Waals surface area contributed by atoms with Gasteiger partial charge in [-0.3, -0.25) is 14.8 Å². The summed E-state index contributed by atoms with van der Waals surface area (Å²) >= 11 is 1.56. The molecule has 0 unspecified atom stereocenters. The van der Waals surface area contributed by atoms with Crippen LogP contribution >= 0.6 is 11.3 Å². The number of amides is 1. The summed E-state index contributed by atoms with van der Waals surface area (Å²) in [6, 6.07) is 2.68. The van der Waals surface area contributed by atoms with Crippen LogP contribution in [0.3, 0.4) is 0 Å². The van der Waals surface area contributed by atoms with Crippen molar-refractivity contribution in [2.45, 2.75) is 25.8 Å². The molecule has 0 bridgehead atoms. The van der Waals surface area contributed by atoms with E-state index in [4.69, 9.17) is 0 Å². The van der Waals surface area contributed by atoms with Crippen LogP contribution in [0.25, 0.3) is 11.0 Å². The van der Waals surface area contributed by atoms with Gasteiger partial charge in [0.2, 0.25) is 0 Å². The third-order valence-electron chi connectivity index (χ3n) is 4.28. The summed E-state index contributed by atoms with van der Waals surface area (Å²) in [6.45, 7) is 2.55. The molecule has 1 aliphatic rings. The van der Waals surface area contributed by atoms with E-state index < -0.39 is 5.82 Å². The lowest BCUT2D eigenvalue weighted by molar-refractivity contribution is 0.0728. The molecule has 1 fully saturated rings. The largest absolute Gasteiger partial charge is 0.330 e. The predicted octanol–water partition coefficient (Wildman–Crippen LogP) is 3.51. The number of carbonyl (C=O) groups is 1. The topological polar surface area (TPSA) is 59.0 Å². The Balaban J connectivity index is 1.71. The smallest absolute Gasteiger partial charge is 0.257 e. The highest BCUT2D eigenvalue weighted by Gasteiger charge is 2.33. The first-order valence-electron chi connectivity index (χ1n) is 7.77. The van der Waals surface area contributed by atoms with Crippen molar-refractivity contribution in [2.24, 2.45) is 0 Å². The number of likely N-dealkylation sites (tertiary alicyclic amines) is 1. The molecule has 5 nitrogen and oxygen atoms in total. The Hall–Kier alpha value is -2.41. The van der Waals surface area contributed by atoms with Gasteiger partial charge in [0, 0.05) is 30.4 Å². The van der Waals surface area contributed by atoms with Gasteiger partial charge in [0.05, 0.1) is 33.3 Å². The van der Waals surface area contributed by atoms with Crippen LogP contribution in [0, 0.1) is 12.7 Å². The van der Waals surface area contributed by atoms with Gasteiger partial charge in [-0.25, -0.2) is 9.37 Å². The van der Waals surface area contributed by atoms with Crippen LogP contribution in [0.2, 0.25) is 0 Å². The maximum atomic E-state index is 14.4. The zero-order valence-electron chi connectivity index (χ0n) is 13.1. The summed E-state index contributed by atoms with van der Waals surface area (Å²) in [5, 5.41) is 2.95. The summed E-state index contributed by atoms with van der Waals surface area (Å²) in [6.07, 6.45) is 4.78. The molecule has 3 heterocycles. The highest BCUT2D eigenvalue weighted by Crippen LogP contribution is 2.34. The van der Waals surface area contributed by atoms with E-state index in [1.165, 1.54) is 24.5 Å². The number of carbonyl (C=O) groups excluding carboxylic acids is 1. The molecule has 0 spiro atoms. The molecule has 0 aliphatic carbocycles. The second-order valence-electron chi connectivity index (χ2n) is 5.83. The zero-order valence-corrected chi connectivity index (χ0v) is 13.9. The lowest BCUT2D eigenvalue weighted by atomic mass is 10.1. The lowest BCUT2D eigenvalue weighted by Gasteiger charge is -2.23. The van der Waals surface area contributed by atoms with E-state index in [0.717, 1.165) is 23.5 Å². The van der Waals surface area contributed by atoms with Crippen LogP contribution in [0.4, 0.5) is 4.39 Å². The van der Waals surface area contributed by atoms with E-state index >= 15 is 0 Å². The summed E-state index contributed by atoms with van der Waals surface area (Å²) in [7, 11) is 0. The van der Waals surface area contributed by atoms with Crippen molar-refractivity contribution in [3.8, 4) is 0 Å². The first-order valence-corrected chi connectivity index (χ1v) is 8.65. The van der Waals surface area contributed by atoms with Crippen molar-refractivity contribution in [3.05, 3.63) is 52.0 Å². The highest BCUT2D eigenvalue weighted by molar-refractivity contribution is 7.09. The lowest BCUT2D eigenvalue weighted by Crippen LogP contribution is -2.31. The van der Waals surface area contributed by atoms with Crippen molar-refractivity contribution in [3.63, 3.8) is 0 Å². The summed E-state index contributed by atoms with van der Waals surface area (Å²) in [5.74, 6) is -0.874. The van der Waals surface area contributed by atoms with Gasteiger partial charge in [0.15, 0.2) is 0 Å². The van der Waals surface area contributed by atoms with E-state index in [9.17, 15) is 9.18 Å². The second-order valence-corrected chi connectivity index (χ2v) is 6.89. The molecule has 1 saturated heterocycles. The van der Waals surface area contributed by atoms with Crippen molar-refractivity contribution in [1.82, 2.24) is 19.9 Å². The summed E-state index contributed by atoms with van der Waals surface area (Å²) in [4.78, 5) is 27.4. The molecule has 2 aromatic heterocycles. The molecule has 1 aliphatic heterocycles. The van der Waals surface area contributed by atoms with Crippen molar-refractivity contribution >= 4 is 28.3 Å². The molecule has 4 rings (SSSR count). The van der Waals surface area contributed by atoms with Gasteiger partial charge < -0.3 is 4.90 Å². The van der Waals surface area contributed by atoms with Gasteiger partial charge in [-0.15, -0.1) is 11.3 Å². The molecule has 0 saturated carbocycles. The van der Waals surface area contributed by atoms with Crippen LogP contribution in [0.5, 0.6) is 0 Å². The van der Waals surface area contributed by atoms with Crippen LogP contribution in [-0.4, -0.2) is 32.3 Å². The molecule has 1 amide bonds. The number of benzene rings is 1. The Morgan fingerprint density at radius 2 is 2.04 bits per heavy atom. The minimum absolute atomic E-state index is 0.0434. The molecule has 1 atom stereocenters. The number of thiazole rings is 1. The Bertz CT molecular complexity index is 926. The van der Waals surface area contributed by atoms with Crippen LogP contribution in [0.15, 0.2) is 29.9 Å². The molecule has 3 aromatic rings. The molecule has 0 N–H and O–H groups in total. The van der Waals surface area contributed by atoms with Crippen LogP contribution in [0.1, 0.15) is 39.9 Å². The van der Waals surface area contributed by atoms with E-state index in [2.05, 4.69) is 15.0 Å². The molecule has 24 heavy (non-hydrogen) atoms. The fraction of sp³-hybridized carbons (Fsp3) is 0.294. The number of aromatic nitrogens is 3. The number of nitrogens with zero attached hydrogens (tertiary/aromatic N) is 4. The summed E-state index contributed by atoms with van der Waals surface area (Å²) in [5.41, 5.74) is 1.90. The molecular formula is C17H15FN4OS. The SMILES string of the molecule is Cc1nc([C@H]2CCCN2C(=O)c2cc3nccnc3cc2F)cs1. The molecule has 122 valence electrons. The van der Waals surface area contributed by atoms with E-state index in [1.54, 1.807) is 16.2 Å². The quantitative estimate of drug-likeness (QED) is 0.715. The second kappa shape index (κ2) is 5.90. The van der Waals surface area contributed by atoms with Crippen molar-refractivity contribution < 1.29 is 9.18 Å². The Kier molecular flexibility index (Phi) is 3.72. The van der Waals surface area contributed by atoms with E-state index in [1.807, 2.05) is 12.3 Å². The van der Waals surface area contributed by atoms with Gasteiger partial charge in [-0.1, -0.05) is 0 Å². The van der Waals surface area contributed by atoms with Crippen molar-refractivity contribution in [1.29, 1.82) is 0 Å². The van der Waals surface area contributed by atoms with Gasteiger partial charge >= 0.3 is 0 Å². The number of halogens is 1. The maximum Gasteiger partial charge on any atom is 0.257 e. The molecule has 7 heteroatoms. The number of rotatable bonds is 2. The summed E-state index contributed by atoms with van der Waals surface area (Å²) < 4.78 is 14.4. The number of aryl methyl sites for hydroxylation is 1.